The molecule has 0 bridgehead atoms. The van der Waals surface area contributed by atoms with Gasteiger partial charge in [-0.2, -0.15) is 0 Å². The van der Waals surface area contributed by atoms with Gasteiger partial charge >= 0.3 is 5.97 Å². The molecule has 2 atom stereocenters. The van der Waals surface area contributed by atoms with Gasteiger partial charge in [-0.15, -0.1) is 81.6 Å². The summed E-state index contributed by atoms with van der Waals surface area (Å²) in [4.78, 5) is 39.2. The largest absolute Gasteiger partial charge is 0.488 e. The molecular weight excluding hydrogens is 1450 g/mol. The molecule has 4 N–H and O–H groups in total. The number of esters is 1. The maximum Gasteiger partial charge on any atom is 0.311 e. The molecule has 2 unspecified atom stereocenters. The van der Waals surface area contributed by atoms with Gasteiger partial charge in [-0.25, -0.2) is 0 Å². The second kappa shape index (κ2) is 45.3. The fourth-order valence-electron chi connectivity index (χ4n) is 10.2. The lowest BCUT2D eigenvalue weighted by molar-refractivity contribution is -0.159. The van der Waals surface area contributed by atoms with Gasteiger partial charge in [0.05, 0.1) is 11.5 Å². The summed E-state index contributed by atoms with van der Waals surface area (Å²) in [5.41, 5.74) is 5.76. The lowest BCUT2D eigenvalue weighted by atomic mass is 9.96. The van der Waals surface area contributed by atoms with Crippen molar-refractivity contribution >= 4 is 17.8 Å². The Morgan fingerprint density at radius 2 is 0.739 bits per heavy atom. The van der Waals surface area contributed by atoms with Crippen molar-refractivity contribution in [1.29, 1.82) is 0 Å². The fraction of sp³-hybridized carbons (Fsp3) is 0.494. The van der Waals surface area contributed by atoms with Crippen molar-refractivity contribution in [2.75, 3.05) is 13.2 Å². The summed E-state index contributed by atoms with van der Waals surface area (Å²) in [5.74, 6) is 5.27. The van der Waals surface area contributed by atoms with Gasteiger partial charge in [0.1, 0.15) is 35.5 Å². The topological polar surface area (TPSA) is 355 Å². The molecule has 2 aliphatic rings. The number of nitrogens with zero attached hydrogens (tertiary/aromatic N) is 17. The summed E-state index contributed by atoms with van der Waals surface area (Å²) in [6, 6.07) is 36.4. The molecule has 28 heteroatoms. The van der Waals surface area contributed by atoms with Crippen molar-refractivity contribution in [2.45, 2.75) is 263 Å². The van der Waals surface area contributed by atoms with Crippen molar-refractivity contribution in [2.24, 2.45) is 5.41 Å². The smallest absolute Gasteiger partial charge is 0.311 e. The highest BCUT2D eigenvalue weighted by molar-refractivity contribution is 5.78. The van der Waals surface area contributed by atoms with Crippen LogP contribution in [0.3, 0.4) is 0 Å². The van der Waals surface area contributed by atoms with E-state index in [1.165, 1.54) is 11.1 Å². The minimum absolute atomic E-state index is 0.0184. The third-order valence-electron chi connectivity index (χ3n) is 16.0. The van der Waals surface area contributed by atoms with Gasteiger partial charge in [-0.1, -0.05) is 78.9 Å². The summed E-state index contributed by atoms with van der Waals surface area (Å²) in [7, 11) is 0. The summed E-state index contributed by atoms with van der Waals surface area (Å²) in [6.45, 7) is 43.4. The molecule has 0 aliphatic heterocycles. The van der Waals surface area contributed by atoms with Gasteiger partial charge in [0, 0.05) is 63.7 Å². The maximum atomic E-state index is 11.7. The summed E-state index contributed by atoms with van der Waals surface area (Å²) >= 11 is 0. The molecular formula is C87H121N21O7. The average Bonchev–Trinajstić information content (AvgIpc) is 0.845. The van der Waals surface area contributed by atoms with E-state index >= 15 is 0 Å². The van der Waals surface area contributed by atoms with Crippen LogP contribution in [0.25, 0.3) is 57.1 Å². The standard InChI is InChI=1S/C18H20N6.C15H19N5O2.C14H19N5.C14H25NO2.C13H16N4O.C13H22O2/c1-18(2,3)20-12-13-7-9-14(10-8-13)16-21-23-17(24-22-16)15-6-4-5-11-19-15;1-10-17-19-14(20-18-10)11-5-7-12(8-6-11)22-9-13(21)16-15(2,3)4;1-10-16-18-13(19-17-10)12-7-5-11(6-8-12)9-15-14(2,3)4;1-14(2,3)15-13(16)11-17-12-9-7-5-4-6-8-10-12;1-9-14-16-12(17-15-9)10-5-7-11(8-6-10)18-13(2,3)4;1-13(2,3)12(14)15-11-9-7-5-4-6-8-10-11/h4-11,20H,12H2,1-3H3;5-8H,9H2,1-4H3,(H,16,21);5-8,15H,9H2,1-4H3;4-5,12H,6-11H2,1-3H3,(H,15,16);5-8H,1-4H3;4-5,11H,6-10H2,1-3H3/b;;;5-4+;;5-4+. The van der Waals surface area contributed by atoms with E-state index in [0.29, 0.717) is 58.0 Å². The van der Waals surface area contributed by atoms with Gasteiger partial charge in [0.2, 0.25) is 35.0 Å². The van der Waals surface area contributed by atoms with Crippen molar-refractivity contribution in [3.8, 4) is 68.6 Å². The van der Waals surface area contributed by atoms with E-state index in [9.17, 15) is 14.4 Å². The lowest BCUT2D eigenvalue weighted by Gasteiger charge is -2.23. The number of carbonyl (C=O) groups is 3. The Labute approximate surface area is 679 Å². The molecule has 0 fully saturated rings. The van der Waals surface area contributed by atoms with Crippen LogP contribution in [0.5, 0.6) is 11.5 Å². The van der Waals surface area contributed by atoms with Gasteiger partial charge in [-0.3, -0.25) is 19.4 Å². The van der Waals surface area contributed by atoms with E-state index in [-0.39, 0.29) is 76.4 Å². The minimum Gasteiger partial charge on any atom is -0.488 e. The molecule has 616 valence electrons. The number of benzene rings is 4. The molecule has 9 aromatic rings. The van der Waals surface area contributed by atoms with Gasteiger partial charge in [-0.05, 0) is 281 Å². The normalized spacial score (nSPS) is 15.0. The Balaban J connectivity index is 0.000000216. The van der Waals surface area contributed by atoms with Crippen LogP contribution in [0, 0.1) is 26.2 Å². The quantitative estimate of drug-likeness (QED) is 0.0486. The number of carbonyl (C=O) groups excluding carboxylic acids is 3. The van der Waals surface area contributed by atoms with Crippen LogP contribution < -0.4 is 30.7 Å². The van der Waals surface area contributed by atoms with E-state index in [4.69, 9.17) is 18.9 Å². The fourth-order valence-corrected chi connectivity index (χ4v) is 10.2. The number of hydrogen-bond acceptors (Lipinski definition) is 26. The van der Waals surface area contributed by atoms with Crippen LogP contribution in [-0.4, -0.2) is 158 Å². The van der Waals surface area contributed by atoms with Crippen LogP contribution in [-0.2, 0) is 36.9 Å². The molecule has 0 spiro atoms. The molecule has 5 aromatic heterocycles. The van der Waals surface area contributed by atoms with Crippen molar-refractivity contribution < 1.29 is 33.3 Å². The van der Waals surface area contributed by atoms with Crippen molar-refractivity contribution in [3.05, 3.63) is 174 Å². The zero-order chi connectivity index (χ0) is 84.2. The monoisotopic (exact) mass is 1570 g/mol. The molecule has 0 saturated heterocycles. The Kier molecular flexibility index (Phi) is 36.6. The molecule has 0 saturated carbocycles. The number of rotatable bonds is 17. The van der Waals surface area contributed by atoms with E-state index in [1.54, 1.807) is 51.2 Å². The predicted molar refractivity (Wildman–Crippen MR) is 448 cm³/mol. The summed E-state index contributed by atoms with van der Waals surface area (Å²) in [5, 5.41) is 76.5. The second-order valence-corrected chi connectivity index (χ2v) is 34.0. The van der Waals surface area contributed by atoms with Crippen LogP contribution in [0.1, 0.15) is 217 Å². The number of nitrogens with one attached hydrogen (secondary N) is 4. The summed E-state index contributed by atoms with van der Waals surface area (Å²) in [6.07, 6.45) is 21.6. The van der Waals surface area contributed by atoms with Gasteiger partial charge < -0.3 is 40.2 Å². The highest BCUT2D eigenvalue weighted by atomic mass is 16.5. The second-order valence-electron chi connectivity index (χ2n) is 34.0. The van der Waals surface area contributed by atoms with Crippen molar-refractivity contribution in [1.82, 2.24) is 108 Å². The number of amides is 2. The first-order valence-corrected chi connectivity index (χ1v) is 39.3. The first-order chi connectivity index (χ1) is 54.2. The first-order valence-electron chi connectivity index (χ1n) is 39.3. The predicted octanol–water partition coefficient (Wildman–Crippen LogP) is 15.2. The van der Waals surface area contributed by atoms with Gasteiger partial charge in [0.15, 0.2) is 24.1 Å². The number of aromatic nitrogens is 17. The number of ether oxygens (including phenoxy) is 4. The van der Waals surface area contributed by atoms with Crippen LogP contribution in [0.15, 0.2) is 146 Å². The van der Waals surface area contributed by atoms with Crippen LogP contribution in [0.2, 0.25) is 0 Å². The first kappa shape index (κ1) is 93.0. The SMILES string of the molecule is CC(C)(C)C(=O)OC1CC/C=C/CCC1.CC(C)(C)NC(=O)COC1CC/C=C/CCC1.CC(C)(C)NCc1ccc(-c2nnc(-c3ccccn3)nn2)cc1.Cc1nnc(-c2ccc(CNC(C)(C)C)cc2)nn1.Cc1nnc(-c2ccc(OC(C)(C)C)cc2)nn1.Cc1nnc(-c2ccc(OCC(=O)NC(C)(C)C)cc2)nn1. The van der Waals surface area contributed by atoms with Crippen molar-refractivity contribution in [3.63, 3.8) is 0 Å². The third-order valence-corrected chi connectivity index (χ3v) is 16.0. The molecule has 115 heavy (non-hydrogen) atoms. The molecule has 4 aromatic carbocycles. The lowest BCUT2D eigenvalue weighted by Crippen LogP contribution is -2.43. The Hall–Kier alpha value is -10.8. The Morgan fingerprint density at radius 3 is 1.11 bits per heavy atom. The molecule has 28 nitrogen and oxygen atoms in total. The maximum absolute atomic E-state index is 11.7. The highest BCUT2D eigenvalue weighted by Crippen LogP contribution is 2.26. The molecule has 2 aliphatic carbocycles. The molecule has 5 heterocycles. The van der Waals surface area contributed by atoms with Crippen LogP contribution in [0.4, 0.5) is 0 Å². The average molecular weight is 1570 g/mol. The zero-order valence-corrected chi connectivity index (χ0v) is 71.4. The molecule has 2 amide bonds. The number of allylic oxidation sites excluding steroid dienone is 4. The number of hydrogen-bond donors (Lipinski definition) is 4. The van der Waals surface area contributed by atoms with E-state index in [0.717, 1.165) is 105 Å². The third kappa shape index (κ3) is 39.2. The minimum atomic E-state index is -0.377. The van der Waals surface area contributed by atoms with Crippen LogP contribution >= 0.6 is 0 Å². The zero-order valence-electron chi connectivity index (χ0n) is 71.4. The number of pyridine rings is 1. The summed E-state index contributed by atoms with van der Waals surface area (Å²) < 4.78 is 22.4. The van der Waals surface area contributed by atoms with E-state index in [2.05, 4.69) is 198 Å². The Morgan fingerprint density at radius 1 is 0.383 bits per heavy atom. The highest BCUT2D eigenvalue weighted by Gasteiger charge is 2.27. The van der Waals surface area contributed by atoms with E-state index in [1.807, 2.05) is 150 Å². The number of aryl methyl sites for hydroxylation is 3. The van der Waals surface area contributed by atoms with E-state index < -0.39 is 0 Å². The van der Waals surface area contributed by atoms with Gasteiger partial charge in [0.25, 0.3) is 5.91 Å². The molecule has 11 rings (SSSR count). The Bertz CT molecular complexity index is 4390. The molecule has 0 radical (unpaired) electrons.